The Morgan fingerprint density at radius 2 is 1.81 bits per heavy atom. The quantitative estimate of drug-likeness (QED) is 0.760. The van der Waals surface area contributed by atoms with Gasteiger partial charge in [0.05, 0.1) is 14.2 Å². The second-order valence-corrected chi connectivity index (χ2v) is 5.62. The number of hydrogen-bond donors (Lipinski definition) is 1. The summed E-state index contributed by atoms with van der Waals surface area (Å²) in [6.07, 6.45) is 2.02. The monoisotopic (exact) mass is 307 g/mol. The van der Waals surface area contributed by atoms with E-state index in [1.807, 2.05) is 18.2 Å². The Labute approximate surface area is 129 Å². The molecule has 0 fully saturated rings. The van der Waals surface area contributed by atoms with Crippen molar-refractivity contribution >= 4 is 11.3 Å². The van der Waals surface area contributed by atoms with Gasteiger partial charge in [-0.3, -0.25) is 0 Å². The third-order valence-corrected chi connectivity index (χ3v) is 4.09. The Bertz CT molecular complexity index is 550. The van der Waals surface area contributed by atoms with Gasteiger partial charge in [0.15, 0.2) is 0 Å². The molecule has 0 bridgehead atoms. The maximum atomic E-state index is 5.29. The van der Waals surface area contributed by atoms with E-state index in [2.05, 4.69) is 22.4 Å². The Morgan fingerprint density at radius 3 is 2.43 bits per heavy atom. The number of benzene rings is 1. The van der Waals surface area contributed by atoms with Crippen molar-refractivity contribution in [2.45, 2.75) is 19.8 Å². The molecule has 6 heteroatoms. The smallest absolute Gasteiger partial charge is 0.148 e. The van der Waals surface area contributed by atoms with E-state index < -0.39 is 0 Å². The van der Waals surface area contributed by atoms with Crippen LogP contribution in [-0.2, 0) is 6.42 Å². The van der Waals surface area contributed by atoms with E-state index in [1.54, 1.807) is 25.6 Å². The first-order chi connectivity index (χ1) is 10.3. The molecule has 1 aromatic carbocycles. The van der Waals surface area contributed by atoms with Gasteiger partial charge in [0.1, 0.15) is 21.5 Å². The van der Waals surface area contributed by atoms with Gasteiger partial charge in [-0.2, -0.15) is 0 Å². The molecule has 5 nitrogen and oxygen atoms in total. The summed E-state index contributed by atoms with van der Waals surface area (Å²) in [5.74, 6) is 1.52. The predicted molar refractivity (Wildman–Crippen MR) is 85.3 cm³/mol. The molecule has 0 amide bonds. The molecule has 0 radical (unpaired) electrons. The lowest BCUT2D eigenvalue weighted by Crippen LogP contribution is -2.14. The van der Waals surface area contributed by atoms with Gasteiger partial charge < -0.3 is 14.8 Å². The van der Waals surface area contributed by atoms with Crippen molar-refractivity contribution in [3.63, 3.8) is 0 Å². The van der Waals surface area contributed by atoms with Gasteiger partial charge >= 0.3 is 0 Å². The maximum Gasteiger partial charge on any atom is 0.148 e. The fourth-order valence-electron chi connectivity index (χ4n) is 1.94. The van der Waals surface area contributed by atoms with Crippen LogP contribution in [0, 0.1) is 0 Å². The van der Waals surface area contributed by atoms with Gasteiger partial charge in [0, 0.05) is 18.1 Å². The minimum absolute atomic E-state index is 0.758. The third-order valence-electron chi connectivity index (χ3n) is 3.06. The molecule has 0 saturated heterocycles. The van der Waals surface area contributed by atoms with Gasteiger partial charge in [-0.05, 0) is 31.6 Å². The highest BCUT2D eigenvalue weighted by Gasteiger charge is 2.10. The molecule has 0 aliphatic heterocycles. The van der Waals surface area contributed by atoms with E-state index in [-0.39, 0.29) is 0 Å². The molecule has 1 heterocycles. The Balaban J connectivity index is 2.09. The molecule has 0 aliphatic rings. The van der Waals surface area contributed by atoms with Crippen LogP contribution in [0.4, 0.5) is 0 Å². The molecule has 1 aromatic heterocycles. The maximum absolute atomic E-state index is 5.29. The molecule has 114 valence electrons. The van der Waals surface area contributed by atoms with Crippen LogP contribution in [0.2, 0.25) is 0 Å². The lowest BCUT2D eigenvalue weighted by Gasteiger charge is -2.06. The van der Waals surface area contributed by atoms with E-state index in [4.69, 9.17) is 9.47 Å². The van der Waals surface area contributed by atoms with Gasteiger partial charge in [-0.15, -0.1) is 10.2 Å². The van der Waals surface area contributed by atoms with E-state index in [9.17, 15) is 0 Å². The molecule has 0 saturated carbocycles. The highest BCUT2D eigenvalue weighted by molar-refractivity contribution is 7.14. The summed E-state index contributed by atoms with van der Waals surface area (Å²) in [6.45, 7) is 4.13. The van der Waals surface area contributed by atoms with Crippen LogP contribution < -0.4 is 14.8 Å². The zero-order chi connectivity index (χ0) is 15.1. The summed E-state index contributed by atoms with van der Waals surface area (Å²) in [5, 5.41) is 13.8. The average molecular weight is 307 g/mol. The van der Waals surface area contributed by atoms with Crippen molar-refractivity contribution in [1.82, 2.24) is 15.5 Å². The molecule has 1 N–H and O–H groups in total. The second-order valence-electron chi connectivity index (χ2n) is 4.56. The van der Waals surface area contributed by atoms with E-state index in [1.165, 1.54) is 0 Å². The Kier molecular flexibility index (Phi) is 5.95. The lowest BCUT2D eigenvalue weighted by atomic mass is 10.2. The van der Waals surface area contributed by atoms with Crippen molar-refractivity contribution in [3.05, 3.63) is 23.2 Å². The number of aryl methyl sites for hydroxylation is 1. The molecule has 0 spiro atoms. The van der Waals surface area contributed by atoms with Crippen LogP contribution in [0.15, 0.2) is 18.2 Å². The van der Waals surface area contributed by atoms with Gasteiger partial charge in [-0.25, -0.2) is 0 Å². The van der Waals surface area contributed by atoms with Crippen LogP contribution in [0.25, 0.3) is 10.6 Å². The third kappa shape index (κ3) is 4.41. The Morgan fingerprint density at radius 1 is 1.10 bits per heavy atom. The molecule has 0 aliphatic carbocycles. The SMILES string of the molecule is CCNCCCc1nnc(-c2cc(OC)cc(OC)c2)s1. The molecule has 2 aromatic rings. The van der Waals surface area contributed by atoms with Gasteiger partial charge in [0.25, 0.3) is 0 Å². The number of rotatable bonds is 8. The summed E-state index contributed by atoms with van der Waals surface area (Å²) < 4.78 is 10.6. The zero-order valence-corrected chi connectivity index (χ0v) is 13.5. The molecule has 2 rings (SSSR count). The molecular formula is C15H21N3O2S. The lowest BCUT2D eigenvalue weighted by molar-refractivity contribution is 0.394. The fourth-order valence-corrected chi connectivity index (χ4v) is 2.81. The van der Waals surface area contributed by atoms with E-state index >= 15 is 0 Å². The van der Waals surface area contributed by atoms with Gasteiger partial charge in [0.2, 0.25) is 0 Å². The van der Waals surface area contributed by atoms with Crippen molar-refractivity contribution < 1.29 is 9.47 Å². The van der Waals surface area contributed by atoms with Crippen molar-refractivity contribution in [1.29, 1.82) is 0 Å². The normalized spacial score (nSPS) is 10.6. The van der Waals surface area contributed by atoms with Crippen LogP contribution in [0.3, 0.4) is 0 Å². The number of methoxy groups -OCH3 is 2. The largest absolute Gasteiger partial charge is 0.497 e. The predicted octanol–water partition coefficient (Wildman–Crippen LogP) is 2.76. The van der Waals surface area contributed by atoms with Crippen molar-refractivity contribution in [3.8, 4) is 22.1 Å². The number of aromatic nitrogens is 2. The van der Waals surface area contributed by atoms with Crippen LogP contribution in [-0.4, -0.2) is 37.5 Å². The molecule has 21 heavy (non-hydrogen) atoms. The molecule has 0 unspecified atom stereocenters. The number of ether oxygens (including phenoxy) is 2. The summed E-state index contributed by atoms with van der Waals surface area (Å²) in [5.41, 5.74) is 0.974. The minimum atomic E-state index is 0.758. The average Bonchev–Trinajstić information content (AvgIpc) is 3.00. The van der Waals surface area contributed by atoms with Crippen molar-refractivity contribution in [2.75, 3.05) is 27.3 Å². The fraction of sp³-hybridized carbons (Fsp3) is 0.467. The van der Waals surface area contributed by atoms with Crippen LogP contribution >= 0.6 is 11.3 Å². The number of hydrogen-bond acceptors (Lipinski definition) is 6. The standard InChI is InChI=1S/C15H21N3O2S/c1-4-16-7-5-6-14-17-18-15(21-14)11-8-12(19-2)10-13(9-11)20-3/h8-10,16H,4-7H2,1-3H3. The van der Waals surface area contributed by atoms with Gasteiger partial charge in [-0.1, -0.05) is 18.3 Å². The first kappa shape index (κ1) is 15.7. The zero-order valence-electron chi connectivity index (χ0n) is 12.7. The Hall–Kier alpha value is -1.66. The summed E-state index contributed by atoms with van der Waals surface area (Å²) in [6, 6.07) is 5.75. The number of nitrogens with one attached hydrogen (secondary N) is 1. The first-order valence-corrected chi connectivity index (χ1v) is 7.85. The van der Waals surface area contributed by atoms with E-state index in [0.717, 1.165) is 53.0 Å². The highest BCUT2D eigenvalue weighted by Crippen LogP contribution is 2.31. The minimum Gasteiger partial charge on any atom is -0.497 e. The topological polar surface area (TPSA) is 56.3 Å². The molecular weight excluding hydrogens is 286 g/mol. The van der Waals surface area contributed by atoms with E-state index in [0.29, 0.717) is 0 Å². The number of nitrogens with zero attached hydrogens (tertiary/aromatic N) is 2. The summed E-state index contributed by atoms with van der Waals surface area (Å²) in [4.78, 5) is 0. The van der Waals surface area contributed by atoms with Crippen LogP contribution in [0.5, 0.6) is 11.5 Å². The molecule has 0 atom stereocenters. The second kappa shape index (κ2) is 7.95. The van der Waals surface area contributed by atoms with Crippen LogP contribution in [0.1, 0.15) is 18.4 Å². The highest BCUT2D eigenvalue weighted by atomic mass is 32.1. The summed E-state index contributed by atoms with van der Waals surface area (Å²) >= 11 is 1.62. The summed E-state index contributed by atoms with van der Waals surface area (Å²) in [7, 11) is 3.29. The van der Waals surface area contributed by atoms with Crippen molar-refractivity contribution in [2.24, 2.45) is 0 Å². The first-order valence-electron chi connectivity index (χ1n) is 7.03.